The van der Waals surface area contributed by atoms with E-state index < -0.39 is 0 Å². The Balaban J connectivity index is 1.96. The fourth-order valence-corrected chi connectivity index (χ4v) is 3.81. The van der Waals surface area contributed by atoms with Gasteiger partial charge in [-0.05, 0) is 46.6 Å². The number of hydrogen-bond donors (Lipinski definition) is 1. The van der Waals surface area contributed by atoms with Gasteiger partial charge in [0.1, 0.15) is 0 Å². The predicted molar refractivity (Wildman–Crippen MR) is 88.3 cm³/mol. The molecule has 1 fully saturated rings. The Morgan fingerprint density at radius 2 is 1.74 bits per heavy atom. The Morgan fingerprint density at radius 1 is 1.11 bits per heavy atom. The van der Waals surface area contributed by atoms with E-state index in [9.17, 15) is 0 Å². The zero-order chi connectivity index (χ0) is 13.8. The maximum absolute atomic E-state index is 6.14. The van der Waals surface area contributed by atoms with Crippen LogP contribution in [0.4, 0.5) is 5.69 Å². The lowest BCUT2D eigenvalue weighted by atomic mass is 10.1. The van der Waals surface area contributed by atoms with Crippen LogP contribution in [0.25, 0.3) is 0 Å². The zero-order valence-corrected chi connectivity index (χ0v) is 14.5. The minimum atomic E-state index is 0.860. The Labute approximate surface area is 132 Å². The highest BCUT2D eigenvalue weighted by atomic mass is 79.9. The number of halogens is 2. The molecule has 0 aromatic heterocycles. The Bertz CT molecular complexity index is 429. The van der Waals surface area contributed by atoms with Crippen LogP contribution in [-0.4, -0.2) is 42.5 Å². The second kappa shape index (κ2) is 7.07. The molecule has 0 spiro atoms. The summed E-state index contributed by atoms with van der Waals surface area (Å²) >= 11 is 7.04. The van der Waals surface area contributed by atoms with Crippen molar-refractivity contribution < 1.29 is 0 Å². The normalized spacial score (nSPS) is 17.8. The van der Waals surface area contributed by atoms with Crippen molar-refractivity contribution in [1.29, 1.82) is 0 Å². The van der Waals surface area contributed by atoms with E-state index in [0.29, 0.717) is 0 Å². The fraction of sp³-hybridized carbons (Fsp3) is 0.571. The van der Waals surface area contributed by atoms with E-state index in [4.69, 9.17) is 5.73 Å². The molecular weight excluding hydrogens is 370 g/mol. The summed E-state index contributed by atoms with van der Waals surface area (Å²) in [5.41, 5.74) is 8.20. The van der Waals surface area contributed by atoms with Gasteiger partial charge in [-0.1, -0.05) is 22.9 Å². The smallest absolute Gasteiger partial charge is 0.0504 e. The lowest BCUT2D eigenvalue weighted by molar-refractivity contribution is 0.127. The summed E-state index contributed by atoms with van der Waals surface area (Å²) in [6.45, 7) is 8.99. The number of benzene rings is 1. The highest BCUT2D eigenvalue weighted by molar-refractivity contribution is 9.11. The Morgan fingerprint density at radius 3 is 2.37 bits per heavy atom. The van der Waals surface area contributed by atoms with E-state index in [1.165, 1.54) is 31.6 Å². The van der Waals surface area contributed by atoms with Gasteiger partial charge in [-0.2, -0.15) is 0 Å². The molecule has 1 aromatic carbocycles. The van der Waals surface area contributed by atoms with Crippen LogP contribution in [0.5, 0.6) is 0 Å². The molecule has 0 aliphatic carbocycles. The summed E-state index contributed by atoms with van der Waals surface area (Å²) in [5, 5.41) is 0. The second-order valence-corrected chi connectivity index (χ2v) is 6.85. The van der Waals surface area contributed by atoms with Crippen LogP contribution in [0.3, 0.4) is 0 Å². The van der Waals surface area contributed by atoms with Gasteiger partial charge < -0.3 is 10.6 Å². The van der Waals surface area contributed by atoms with Gasteiger partial charge in [-0.25, -0.2) is 0 Å². The first-order valence-electron chi connectivity index (χ1n) is 6.78. The molecular formula is C14H21Br2N3. The minimum Gasteiger partial charge on any atom is -0.398 e. The van der Waals surface area contributed by atoms with Crippen LogP contribution >= 0.6 is 31.9 Å². The molecule has 3 nitrogen and oxygen atoms in total. The maximum Gasteiger partial charge on any atom is 0.0504 e. The molecule has 0 bridgehead atoms. The number of anilines is 1. The molecule has 106 valence electrons. The van der Waals surface area contributed by atoms with E-state index in [-0.39, 0.29) is 0 Å². The highest BCUT2D eigenvalue weighted by Crippen LogP contribution is 2.29. The van der Waals surface area contributed by atoms with Crippen molar-refractivity contribution in [2.75, 3.05) is 38.5 Å². The Kier molecular flexibility index (Phi) is 5.69. The molecule has 1 aliphatic rings. The van der Waals surface area contributed by atoms with Crippen LogP contribution in [-0.2, 0) is 6.54 Å². The molecule has 0 amide bonds. The van der Waals surface area contributed by atoms with E-state index in [1.807, 2.05) is 6.07 Å². The van der Waals surface area contributed by atoms with E-state index in [1.54, 1.807) is 0 Å². The van der Waals surface area contributed by atoms with Crippen molar-refractivity contribution in [2.24, 2.45) is 0 Å². The number of nitrogens with two attached hydrogens (primary N) is 1. The van der Waals surface area contributed by atoms with Gasteiger partial charge >= 0.3 is 0 Å². The van der Waals surface area contributed by atoms with E-state index in [0.717, 1.165) is 34.3 Å². The summed E-state index contributed by atoms with van der Waals surface area (Å²) in [7, 11) is 0. The quantitative estimate of drug-likeness (QED) is 0.800. The van der Waals surface area contributed by atoms with Gasteiger partial charge in [0.15, 0.2) is 0 Å². The molecule has 1 aliphatic heterocycles. The number of hydrogen-bond acceptors (Lipinski definition) is 3. The average molecular weight is 391 g/mol. The lowest BCUT2D eigenvalue weighted by Gasteiger charge is -2.34. The monoisotopic (exact) mass is 389 g/mol. The van der Waals surface area contributed by atoms with Gasteiger partial charge in [0, 0.05) is 41.7 Å². The van der Waals surface area contributed by atoms with Crippen LogP contribution in [0.15, 0.2) is 21.1 Å². The van der Waals surface area contributed by atoms with Crippen molar-refractivity contribution in [3.8, 4) is 0 Å². The van der Waals surface area contributed by atoms with Gasteiger partial charge in [-0.15, -0.1) is 0 Å². The van der Waals surface area contributed by atoms with E-state index >= 15 is 0 Å². The van der Waals surface area contributed by atoms with Crippen molar-refractivity contribution in [2.45, 2.75) is 19.9 Å². The molecule has 2 rings (SSSR count). The molecule has 5 heteroatoms. The summed E-state index contributed by atoms with van der Waals surface area (Å²) in [5.74, 6) is 0. The predicted octanol–water partition coefficient (Wildman–Crippen LogP) is 3.32. The first-order chi connectivity index (χ1) is 9.10. The summed E-state index contributed by atoms with van der Waals surface area (Å²) in [6, 6.07) is 4.12. The molecule has 0 atom stereocenters. The molecule has 0 saturated carbocycles. The van der Waals surface area contributed by atoms with Crippen LogP contribution in [0, 0.1) is 0 Å². The molecule has 19 heavy (non-hydrogen) atoms. The fourth-order valence-electron chi connectivity index (χ4n) is 2.50. The SMILES string of the molecule is CCCN1CCN(Cc2cc(Br)cc(Br)c2N)CC1. The maximum atomic E-state index is 6.14. The standard InChI is InChI=1S/C14H21Br2N3/c1-2-3-18-4-6-19(7-5-18)10-11-8-12(15)9-13(16)14(11)17/h8-9H,2-7,10,17H2,1H3. The molecule has 2 N–H and O–H groups in total. The topological polar surface area (TPSA) is 32.5 Å². The minimum absolute atomic E-state index is 0.860. The van der Waals surface area contributed by atoms with Gasteiger partial charge in [0.05, 0.1) is 5.69 Å². The first-order valence-corrected chi connectivity index (χ1v) is 8.37. The average Bonchev–Trinajstić information content (AvgIpc) is 2.38. The van der Waals surface area contributed by atoms with Crippen LogP contribution in [0.1, 0.15) is 18.9 Å². The molecule has 1 saturated heterocycles. The van der Waals surface area contributed by atoms with Gasteiger partial charge in [0.2, 0.25) is 0 Å². The Hall–Kier alpha value is -0.100. The van der Waals surface area contributed by atoms with Crippen molar-refractivity contribution >= 4 is 37.5 Å². The van der Waals surface area contributed by atoms with Gasteiger partial charge in [-0.3, -0.25) is 4.90 Å². The third kappa shape index (κ3) is 4.18. The van der Waals surface area contributed by atoms with Crippen molar-refractivity contribution in [3.05, 3.63) is 26.6 Å². The highest BCUT2D eigenvalue weighted by Gasteiger charge is 2.17. The summed E-state index contributed by atoms with van der Waals surface area (Å²) < 4.78 is 2.05. The number of rotatable bonds is 4. The third-order valence-corrected chi connectivity index (χ3v) is 4.69. The molecule has 0 unspecified atom stereocenters. The number of piperazine rings is 1. The van der Waals surface area contributed by atoms with Gasteiger partial charge in [0.25, 0.3) is 0 Å². The summed E-state index contributed by atoms with van der Waals surface area (Å²) in [6.07, 6.45) is 1.24. The number of nitrogens with zero attached hydrogens (tertiary/aromatic N) is 2. The summed E-state index contributed by atoms with van der Waals surface area (Å²) in [4.78, 5) is 5.02. The van der Waals surface area contributed by atoms with E-state index in [2.05, 4.69) is 54.6 Å². The molecule has 1 aromatic rings. The van der Waals surface area contributed by atoms with Crippen LogP contribution < -0.4 is 5.73 Å². The lowest BCUT2D eigenvalue weighted by Crippen LogP contribution is -2.46. The molecule has 0 radical (unpaired) electrons. The largest absolute Gasteiger partial charge is 0.398 e. The first kappa shape index (κ1) is 15.3. The zero-order valence-electron chi connectivity index (χ0n) is 11.3. The van der Waals surface area contributed by atoms with Crippen molar-refractivity contribution in [3.63, 3.8) is 0 Å². The van der Waals surface area contributed by atoms with Crippen molar-refractivity contribution in [1.82, 2.24) is 9.80 Å². The third-order valence-electron chi connectivity index (χ3n) is 3.58. The number of nitrogen functional groups attached to an aromatic ring is 1. The second-order valence-electron chi connectivity index (χ2n) is 5.08. The molecule has 1 heterocycles. The van der Waals surface area contributed by atoms with Crippen LogP contribution in [0.2, 0.25) is 0 Å².